The molecule has 88 valence electrons. The van der Waals surface area contributed by atoms with E-state index >= 15 is 0 Å². The van der Waals surface area contributed by atoms with Crippen molar-refractivity contribution in [2.24, 2.45) is 5.73 Å². The Morgan fingerprint density at radius 3 is 2.75 bits per heavy atom. The molecule has 1 atom stereocenters. The SMILES string of the molecule is CCCC[C@@](N)(C(=O)O)c1cccc(F)c1. The first-order valence-corrected chi connectivity index (χ1v) is 5.29. The maximum atomic E-state index is 13.0. The molecule has 0 radical (unpaired) electrons. The molecular weight excluding hydrogens is 209 g/mol. The molecule has 0 aliphatic heterocycles. The summed E-state index contributed by atoms with van der Waals surface area (Å²) in [5.74, 6) is -1.59. The van der Waals surface area contributed by atoms with Crippen molar-refractivity contribution in [3.63, 3.8) is 0 Å². The molecule has 1 aromatic carbocycles. The van der Waals surface area contributed by atoms with Crippen LogP contribution in [-0.2, 0) is 10.3 Å². The van der Waals surface area contributed by atoms with Gasteiger partial charge in [0.15, 0.2) is 0 Å². The Morgan fingerprint density at radius 1 is 1.56 bits per heavy atom. The Morgan fingerprint density at radius 2 is 2.25 bits per heavy atom. The van der Waals surface area contributed by atoms with Crippen molar-refractivity contribution in [3.8, 4) is 0 Å². The summed E-state index contributed by atoms with van der Waals surface area (Å²) in [6, 6.07) is 5.48. The van der Waals surface area contributed by atoms with E-state index in [1.165, 1.54) is 18.2 Å². The maximum absolute atomic E-state index is 13.0. The number of carbonyl (C=O) groups is 1. The van der Waals surface area contributed by atoms with Gasteiger partial charge >= 0.3 is 5.97 Å². The van der Waals surface area contributed by atoms with Gasteiger partial charge in [-0.1, -0.05) is 31.9 Å². The average molecular weight is 225 g/mol. The standard InChI is InChI=1S/C12H16FNO2/c1-2-3-7-12(14,11(15)16)9-5-4-6-10(13)8-9/h4-6,8H,2-3,7,14H2,1H3,(H,15,16)/t12-/m0/s1. The van der Waals surface area contributed by atoms with Crippen LogP contribution in [-0.4, -0.2) is 11.1 Å². The fourth-order valence-corrected chi connectivity index (χ4v) is 1.60. The highest BCUT2D eigenvalue weighted by molar-refractivity contribution is 5.80. The van der Waals surface area contributed by atoms with Crippen molar-refractivity contribution < 1.29 is 14.3 Å². The fourth-order valence-electron chi connectivity index (χ4n) is 1.60. The second-order valence-electron chi connectivity index (χ2n) is 3.89. The van der Waals surface area contributed by atoms with Gasteiger partial charge in [-0.15, -0.1) is 0 Å². The summed E-state index contributed by atoms with van der Waals surface area (Å²) in [6.07, 6.45) is 1.85. The predicted octanol–water partition coefficient (Wildman–Crippen LogP) is 2.25. The zero-order valence-corrected chi connectivity index (χ0v) is 9.24. The Bertz CT molecular complexity index is 381. The minimum Gasteiger partial charge on any atom is -0.480 e. The summed E-state index contributed by atoms with van der Waals surface area (Å²) in [5, 5.41) is 9.16. The van der Waals surface area contributed by atoms with Gasteiger partial charge in [0.1, 0.15) is 11.4 Å². The van der Waals surface area contributed by atoms with Gasteiger partial charge in [0.05, 0.1) is 0 Å². The molecule has 0 saturated heterocycles. The molecule has 1 aromatic rings. The number of carboxylic acids is 1. The largest absolute Gasteiger partial charge is 0.480 e. The van der Waals surface area contributed by atoms with Crippen molar-refractivity contribution in [3.05, 3.63) is 35.6 Å². The highest BCUT2D eigenvalue weighted by Crippen LogP contribution is 2.25. The van der Waals surface area contributed by atoms with Crippen LogP contribution in [0, 0.1) is 5.82 Å². The number of halogens is 1. The molecule has 0 unspecified atom stereocenters. The van der Waals surface area contributed by atoms with Gasteiger partial charge in [-0.2, -0.15) is 0 Å². The van der Waals surface area contributed by atoms with E-state index in [9.17, 15) is 9.18 Å². The molecule has 16 heavy (non-hydrogen) atoms. The average Bonchev–Trinajstić information content (AvgIpc) is 2.25. The normalized spacial score (nSPS) is 14.4. The van der Waals surface area contributed by atoms with E-state index < -0.39 is 17.3 Å². The summed E-state index contributed by atoms with van der Waals surface area (Å²) < 4.78 is 13.0. The predicted molar refractivity (Wildman–Crippen MR) is 59.4 cm³/mol. The number of benzene rings is 1. The third-order valence-electron chi connectivity index (χ3n) is 2.65. The summed E-state index contributed by atoms with van der Waals surface area (Å²) >= 11 is 0. The van der Waals surface area contributed by atoms with Crippen LogP contribution in [0.4, 0.5) is 4.39 Å². The van der Waals surface area contributed by atoms with Gasteiger partial charge in [-0.05, 0) is 24.1 Å². The van der Waals surface area contributed by atoms with Gasteiger partial charge in [-0.25, -0.2) is 9.18 Å². The van der Waals surface area contributed by atoms with Gasteiger partial charge in [0.2, 0.25) is 0 Å². The Balaban J connectivity index is 3.06. The van der Waals surface area contributed by atoms with Crippen LogP contribution in [0.5, 0.6) is 0 Å². The summed E-state index contributed by atoms with van der Waals surface area (Å²) in [7, 11) is 0. The molecule has 3 N–H and O–H groups in total. The lowest BCUT2D eigenvalue weighted by atomic mass is 9.86. The molecule has 0 amide bonds. The fraction of sp³-hybridized carbons (Fsp3) is 0.417. The molecule has 0 aromatic heterocycles. The lowest BCUT2D eigenvalue weighted by molar-refractivity contribution is -0.144. The van der Waals surface area contributed by atoms with E-state index in [1.54, 1.807) is 6.07 Å². The zero-order chi connectivity index (χ0) is 12.2. The number of unbranched alkanes of at least 4 members (excludes halogenated alkanes) is 1. The molecule has 0 fully saturated rings. The first-order valence-electron chi connectivity index (χ1n) is 5.29. The Hall–Kier alpha value is -1.42. The third-order valence-corrected chi connectivity index (χ3v) is 2.65. The van der Waals surface area contributed by atoms with Crippen LogP contribution in [0.1, 0.15) is 31.7 Å². The van der Waals surface area contributed by atoms with Crippen molar-refractivity contribution in [2.45, 2.75) is 31.7 Å². The lowest BCUT2D eigenvalue weighted by Gasteiger charge is -2.25. The van der Waals surface area contributed by atoms with E-state index in [0.717, 1.165) is 6.42 Å². The molecule has 0 aliphatic rings. The molecule has 0 saturated carbocycles. The third kappa shape index (κ3) is 2.58. The quantitative estimate of drug-likeness (QED) is 0.807. The number of carboxylic acid groups (broad SMARTS) is 1. The molecule has 0 heterocycles. The number of rotatable bonds is 5. The second-order valence-corrected chi connectivity index (χ2v) is 3.89. The van der Waals surface area contributed by atoms with E-state index in [-0.39, 0.29) is 0 Å². The molecule has 0 spiro atoms. The van der Waals surface area contributed by atoms with Crippen molar-refractivity contribution in [1.82, 2.24) is 0 Å². The van der Waals surface area contributed by atoms with Crippen LogP contribution < -0.4 is 5.73 Å². The molecule has 0 bridgehead atoms. The van der Waals surface area contributed by atoms with E-state index in [2.05, 4.69) is 0 Å². The smallest absolute Gasteiger partial charge is 0.328 e. The lowest BCUT2D eigenvalue weighted by Crippen LogP contribution is -2.44. The molecule has 3 nitrogen and oxygen atoms in total. The zero-order valence-electron chi connectivity index (χ0n) is 9.24. The highest BCUT2D eigenvalue weighted by atomic mass is 19.1. The monoisotopic (exact) mass is 225 g/mol. The Labute approximate surface area is 94.1 Å². The number of hydrogen-bond acceptors (Lipinski definition) is 2. The first kappa shape index (κ1) is 12.6. The summed E-state index contributed by atoms with van der Waals surface area (Å²) in [4.78, 5) is 11.2. The number of aliphatic carboxylic acids is 1. The molecule has 4 heteroatoms. The van der Waals surface area contributed by atoms with Gasteiger partial charge in [-0.3, -0.25) is 0 Å². The van der Waals surface area contributed by atoms with Crippen molar-refractivity contribution in [2.75, 3.05) is 0 Å². The van der Waals surface area contributed by atoms with E-state index in [4.69, 9.17) is 10.8 Å². The Kier molecular flexibility index (Phi) is 4.01. The molecule has 1 rings (SSSR count). The van der Waals surface area contributed by atoms with Crippen LogP contribution in [0.25, 0.3) is 0 Å². The second kappa shape index (κ2) is 5.07. The topological polar surface area (TPSA) is 63.3 Å². The van der Waals surface area contributed by atoms with Crippen LogP contribution in [0.2, 0.25) is 0 Å². The number of nitrogens with two attached hydrogens (primary N) is 1. The first-order chi connectivity index (χ1) is 7.50. The summed E-state index contributed by atoms with van der Waals surface area (Å²) in [5.41, 5.74) is 4.68. The van der Waals surface area contributed by atoms with Gasteiger partial charge in [0, 0.05) is 0 Å². The van der Waals surface area contributed by atoms with Crippen LogP contribution >= 0.6 is 0 Å². The molecular formula is C12H16FNO2. The van der Waals surface area contributed by atoms with Crippen molar-refractivity contribution in [1.29, 1.82) is 0 Å². The highest BCUT2D eigenvalue weighted by Gasteiger charge is 2.35. The van der Waals surface area contributed by atoms with Crippen LogP contribution in [0.15, 0.2) is 24.3 Å². The minimum atomic E-state index is -1.49. The van der Waals surface area contributed by atoms with E-state index in [0.29, 0.717) is 18.4 Å². The minimum absolute atomic E-state index is 0.308. The maximum Gasteiger partial charge on any atom is 0.328 e. The van der Waals surface area contributed by atoms with E-state index in [1.807, 2.05) is 6.92 Å². The van der Waals surface area contributed by atoms with Crippen LogP contribution in [0.3, 0.4) is 0 Å². The van der Waals surface area contributed by atoms with Gasteiger partial charge in [0.25, 0.3) is 0 Å². The van der Waals surface area contributed by atoms with Gasteiger partial charge < -0.3 is 10.8 Å². The summed E-state index contributed by atoms with van der Waals surface area (Å²) in [6.45, 7) is 1.95. The number of hydrogen-bond donors (Lipinski definition) is 2. The van der Waals surface area contributed by atoms with Crippen molar-refractivity contribution >= 4 is 5.97 Å². The molecule has 0 aliphatic carbocycles.